The predicted octanol–water partition coefficient (Wildman–Crippen LogP) is -1.93. The normalized spacial score (nSPS) is 25.8. The van der Waals surface area contributed by atoms with E-state index in [-0.39, 0.29) is 18.5 Å². The van der Waals surface area contributed by atoms with Crippen LogP contribution in [0.25, 0.3) is 11.2 Å². The van der Waals surface area contributed by atoms with Gasteiger partial charge in [0.25, 0.3) is 0 Å². The lowest BCUT2D eigenvalue weighted by Crippen LogP contribution is -2.30. The maximum atomic E-state index is 10.2. The Morgan fingerprint density at radius 1 is 1.31 bits per heavy atom. The monoisotopic (exact) mass is 392 g/mol. The highest BCUT2D eigenvalue weighted by atomic mass is 32.3. The van der Waals surface area contributed by atoms with Crippen molar-refractivity contribution in [2.45, 2.75) is 24.7 Å². The number of anilines is 2. The average Bonchev–Trinajstić information content (AvgIpc) is 3.07. The third kappa shape index (κ3) is 4.35. The zero-order chi connectivity index (χ0) is 19.6. The number of nitrogen functional groups attached to an aromatic ring is 1. The van der Waals surface area contributed by atoms with Crippen LogP contribution < -0.4 is 11.1 Å². The van der Waals surface area contributed by atoms with Crippen molar-refractivity contribution in [1.82, 2.24) is 19.5 Å². The van der Waals surface area contributed by atoms with Gasteiger partial charge in [-0.05, 0) is 6.42 Å². The molecular weight excluding hydrogens is 372 g/mol. The molecule has 0 saturated heterocycles. The van der Waals surface area contributed by atoms with E-state index in [2.05, 4.69) is 20.3 Å². The molecule has 0 bridgehead atoms. The van der Waals surface area contributed by atoms with E-state index in [1.807, 2.05) is 0 Å². The molecule has 1 saturated carbocycles. The minimum absolute atomic E-state index is 0.0975. The summed E-state index contributed by atoms with van der Waals surface area (Å²) in [6.07, 6.45) is 0.0116. The average molecular weight is 392 g/mol. The lowest BCUT2D eigenvalue weighted by molar-refractivity contribution is -0.00370. The van der Waals surface area contributed by atoms with Crippen LogP contribution >= 0.6 is 0 Å². The number of fused-ring (bicyclic) bond motifs is 1. The summed E-state index contributed by atoms with van der Waals surface area (Å²) in [5.74, 6) is 0.230. The van der Waals surface area contributed by atoms with Gasteiger partial charge in [0, 0.05) is 19.6 Å². The minimum atomic E-state index is -4.67. The fourth-order valence-electron chi connectivity index (χ4n) is 2.91. The van der Waals surface area contributed by atoms with E-state index >= 15 is 0 Å². The number of nitrogens with two attached hydrogens (primary N) is 1. The molecule has 0 aliphatic heterocycles. The molecule has 13 nitrogen and oxygen atoms in total. The molecule has 0 radical (unpaired) electrons. The first-order valence-corrected chi connectivity index (χ1v) is 8.81. The van der Waals surface area contributed by atoms with Gasteiger partial charge in [0.15, 0.2) is 17.0 Å². The molecular formula is C12H20N6O7S. The molecule has 146 valence electrons. The molecule has 0 aromatic carbocycles. The molecule has 1 aliphatic carbocycles. The van der Waals surface area contributed by atoms with E-state index in [1.165, 1.54) is 0 Å². The van der Waals surface area contributed by atoms with Gasteiger partial charge in [-0.15, -0.1) is 0 Å². The van der Waals surface area contributed by atoms with Gasteiger partial charge in [-0.3, -0.25) is 9.11 Å². The van der Waals surface area contributed by atoms with E-state index in [0.29, 0.717) is 23.4 Å². The van der Waals surface area contributed by atoms with Crippen molar-refractivity contribution < 1.29 is 32.8 Å². The van der Waals surface area contributed by atoms with Crippen molar-refractivity contribution in [3.8, 4) is 0 Å². The van der Waals surface area contributed by atoms with E-state index < -0.39 is 28.6 Å². The van der Waals surface area contributed by atoms with Crippen molar-refractivity contribution in [3.05, 3.63) is 6.33 Å². The van der Waals surface area contributed by atoms with Crippen molar-refractivity contribution in [2.75, 3.05) is 24.7 Å². The van der Waals surface area contributed by atoms with Crippen molar-refractivity contribution in [2.24, 2.45) is 5.92 Å². The Labute approximate surface area is 148 Å². The summed E-state index contributed by atoms with van der Waals surface area (Å²) < 4.78 is 33.3. The molecule has 2 aromatic heterocycles. The summed E-state index contributed by atoms with van der Waals surface area (Å²) in [7, 11) is -2.96. The lowest BCUT2D eigenvalue weighted by Gasteiger charge is -2.18. The Morgan fingerprint density at radius 3 is 2.42 bits per heavy atom. The Morgan fingerprint density at radius 2 is 1.92 bits per heavy atom. The number of aliphatic hydroxyl groups is 3. The van der Waals surface area contributed by atoms with Crippen molar-refractivity contribution in [3.63, 3.8) is 0 Å². The highest BCUT2D eigenvalue weighted by molar-refractivity contribution is 7.79. The van der Waals surface area contributed by atoms with Gasteiger partial charge in [-0.2, -0.15) is 18.4 Å². The Balaban J connectivity index is 0.000000431. The van der Waals surface area contributed by atoms with Crippen LogP contribution in [0.1, 0.15) is 12.5 Å². The van der Waals surface area contributed by atoms with Gasteiger partial charge < -0.3 is 30.9 Å². The molecule has 4 atom stereocenters. The smallest absolute Gasteiger partial charge is 0.394 e. The number of nitrogens with zero attached hydrogens (tertiary/aromatic N) is 4. The first-order chi connectivity index (χ1) is 12.1. The summed E-state index contributed by atoms with van der Waals surface area (Å²) in [4.78, 5) is 12.5. The summed E-state index contributed by atoms with van der Waals surface area (Å²) >= 11 is 0. The summed E-state index contributed by atoms with van der Waals surface area (Å²) in [6.45, 7) is -0.180. The maximum absolute atomic E-state index is 10.2. The molecule has 2 aromatic rings. The zero-order valence-corrected chi connectivity index (χ0v) is 14.4. The molecule has 1 fully saturated rings. The Bertz CT molecular complexity index is 864. The number of imidazole rings is 1. The van der Waals surface area contributed by atoms with E-state index in [9.17, 15) is 15.3 Å². The molecule has 0 amide bonds. The highest BCUT2D eigenvalue weighted by Gasteiger charge is 2.42. The quantitative estimate of drug-likeness (QED) is 0.284. The Kier molecular flexibility index (Phi) is 5.94. The standard InChI is InChI=1S/C12H18N6O3.H2O4S/c1-14-10-7-11(17-12(13)16-10)18(4-15-7)6-2-5(3-19)8(20)9(6)21;1-5(2,3)4/h4-6,8-9,19-21H,2-3H2,1H3,(H3,13,14,16,17);(H2,1,2,3,4). The predicted molar refractivity (Wildman–Crippen MR) is 89.7 cm³/mol. The first-order valence-electron chi connectivity index (χ1n) is 7.41. The van der Waals surface area contributed by atoms with Crippen LogP contribution in [0.15, 0.2) is 6.33 Å². The lowest BCUT2D eigenvalue weighted by atomic mass is 10.1. The Hall–Kier alpha value is -2.10. The van der Waals surface area contributed by atoms with Crippen LogP contribution in [0, 0.1) is 5.92 Å². The zero-order valence-electron chi connectivity index (χ0n) is 13.6. The number of aliphatic hydroxyl groups excluding tert-OH is 3. The third-order valence-corrected chi connectivity index (χ3v) is 4.04. The van der Waals surface area contributed by atoms with Gasteiger partial charge in [0.2, 0.25) is 5.95 Å². The SMILES string of the molecule is CNc1nc(N)nc2c1ncn2C1CC(CO)C(O)C1O.O=S(=O)(O)O. The molecule has 8 N–H and O–H groups in total. The number of hydrogen-bond acceptors (Lipinski definition) is 10. The topological polar surface area (TPSA) is 217 Å². The molecule has 4 unspecified atom stereocenters. The van der Waals surface area contributed by atoms with Crippen LogP contribution in [-0.2, 0) is 10.4 Å². The minimum Gasteiger partial charge on any atom is -0.396 e. The van der Waals surface area contributed by atoms with Crippen LogP contribution in [-0.4, -0.2) is 78.2 Å². The second kappa shape index (κ2) is 7.65. The van der Waals surface area contributed by atoms with Gasteiger partial charge >= 0.3 is 10.4 Å². The summed E-state index contributed by atoms with van der Waals surface area (Å²) in [5.41, 5.74) is 6.72. The maximum Gasteiger partial charge on any atom is 0.394 e. The first kappa shape index (κ1) is 20.2. The second-order valence-electron chi connectivity index (χ2n) is 5.68. The number of nitrogens with one attached hydrogen (secondary N) is 1. The largest absolute Gasteiger partial charge is 0.396 e. The van der Waals surface area contributed by atoms with Crippen LogP contribution in [0.3, 0.4) is 0 Å². The van der Waals surface area contributed by atoms with E-state index in [1.54, 1.807) is 17.9 Å². The molecule has 26 heavy (non-hydrogen) atoms. The molecule has 14 heteroatoms. The number of aromatic nitrogens is 4. The molecule has 3 rings (SSSR count). The fourth-order valence-corrected chi connectivity index (χ4v) is 2.91. The molecule has 0 spiro atoms. The van der Waals surface area contributed by atoms with Crippen LogP contribution in [0.2, 0.25) is 0 Å². The van der Waals surface area contributed by atoms with E-state index in [0.717, 1.165) is 0 Å². The van der Waals surface area contributed by atoms with Gasteiger partial charge in [-0.25, -0.2) is 4.98 Å². The second-order valence-corrected chi connectivity index (χ2v) is 6.57. The number of hydrogen-bond donors (Lipinski definition) is 7. The third-order valence-electron chi connectivity index (χ3n) is 4.04. The van der Waals surface area contributed by atoms with Crippen LogP contribution in [0.5, 0.6) is 0 Å². The van der Waals surface area contributed by atoms with Gasteiger partial charge in [0.05, 0.1) is 18.5 Å². The summed E-state index contributed by atoms with van der Waals surface area (Å²) in [5, 5.41) is 32.3. The van der Waals surface area contributed by atoms with Gasteiger partial charge in [0.1, 0.15) is 6.10 Å². The number of rotatable bonds is 3. The highest BCUT2D eigenvalue weighted by Crippen LogP contribution is 2.37. The van der Waals surface area contributed by atoms with Crippen LogP contribution in [0.4, 0.5) is 11.8 Å². The summed E-state index contributed by atoms with van der Waals surface area (Å²) in [6, 6.07) is -0.416. The fraction of sp³-hybridized carbons (Fsp3) is 0.583. The van der Waals surface area contributed by atoms with Crippen molar-refractivity contribution in [1.29, 1.82) is 0 Å². The van der Waals surface area contributed by atoms with Crippen molar-refractivity contribution >= 4 is 33.3 Å². The molecule has 2 heterocycles. The van der Waals surface area contributed by atoms with Gasteiger partial charge in [-0.1, -0.05) is 0 Å². The molecule has 1 aliphatic rings. The van der Waals surface area contributed by atoms with E-state index in [4.69, 9.17) is 23.3 Å².